The lowest BCUT2D eigenvalue weighted by Gasteiger charge is -2.19. The number of pyridine rings is 1. The number of ether oxygens (including phenoxy) is 1. The summed E-state index contributed by atoms with van der Waals surface area (Å²) in [5.41, 5.74) is 0.909. The molecule has 0 radical (unpaired) electrons. The van der Waals surface area contributed by atoms with Crippen LogP contribution in [-0.2, 0) is 4.79 Å². The van der Waals surface area contributed by atoms with Crippen LogP contribution < -0.4 is 4.74 Å². The van der Waals surface area contributed by atoms with Crippen LogP contribution in [0.2, 0.25) is 0 Å². The molecule has 86 valence electrons. The summed E-state index contributed by atoms with van der Waals surface area (Å²) in [6.07, 6.45) is 7.10. The molecule has 16 heavy (non-hydrogen) atoms. The molecule has 0 atom stereocenters. The highest BCUT2D eigenvalue weighted by Crippen LogP contribution is 2.25. The van der Waals surface area contributed by atoms with Crippen molar-refractivity contribution in [2.45, 2.75) is 39.0 Å². The van der Waals surface area contributed by atoms with E-state index in [0.29, 0.717) is 5.88 Å². The lowest BCUT2D eigenvalue weighted by atomic mass is 9.89. The zero-order valence-corrected chi connectivity index (χ0v) is 9.61. The molecule has 0 aliphatic heterocycles. The Morgan fingerprint density at radius 1 is 1.38 bits per heavy atom. The van der Waals surface area contributed by atoms with Gasteiger partial charge in [0.1, 0.15) is 0 Å². The molecule has 0 N–H and O–H groups in total. The van der Waals surface area contributed by atoms with Crippen LogP contribution >= 0.6 is 0 Å². The van der Waals surface area contributed by atoms with E-state index < -0.39 is 0 Å². The lowest BCUT2D eigenvalue weighted by Crippen LogP contribution is -2.23. The fraction of sp³-hybridized carbons (Fsp3) is 0.538. The minimum absolute atomic E-state index is 0.0788. The Morgan fingerprint density at radius 2 is 2.12 bits per heavy atom. The first kappa shape index (κ1) is 11.1. The number of aryl methyl sites for hydroxylation is 1. The summed E-state index contributed by atoms with van der Waals surface area (Å²) in [6.45, 7) is 1.90. The van der Waals surface area contributed by atoms with Crippen molar-refractivity contribution in [1.29, 1.82) is 0 Å². The molecule has 0 bridgehead atoms. The minimum atomic E-state index is -0.110. The summed E-state index contributed by atoms with van der Waals surface area (Å²) < 4.78 is 5.33. The highest BCUT2D eigenvalue weighted by atomic mass is 16.5. The minimum Gasteiger partial charge on any atom is -0.407 e. The summed E-state index contributed by atoms with van der Waals surface area (Å²) in [4.78, 5) is 15.9. The molecule has 1 saturated carbocycles. The number of hydrogen-bond donors (Lipinski definition) is 0. The second-order valence-electron chi connectivity index (χ2n) is 4.38. The molecule has 0 amide bonds. The number of carbonyl (C=O) groups is 1. The Balaban J connectivity index is 1.99. The zero-order valence-electron chi connectivity index (χ0n) is 9.61. The highest BCUT2D eigenvalue weighted by Gasteiger charge is 2.23. The van der Waals surface area contributed by atoms with Crippen LogP contribution in [0.3, 0.4) is 0 Å². The fourth-order valence-electron chi connectivity index (χ4n) is 2.09. The van der Waals surface area contributed by atoms with Crippen molar-refractivity contribution >= 4 is 5.97 Å². The second-order valence-corrected chi connectivity index (χ2v) is 4.38. The van der Waals surface area contributed by atoms with Gasteiger partial charge in [-0.05, 0) is 25.8 Å². The topological polar surface area (TPSA) is 39.2 Å². The van der Waals surface area contributed by atoms with Crippen LogP contribution in [0.5, 0.6) is 5.88 Å². The summed E-state index contributed by atoms with van der Waals surface area (Å²) in [5.74, 6) is 0.426. The van der Waals surface area contributed by atoms with Crippen molar-refractivity contribution in [2.75, 3.05) is 0 Å². The summed E-state index contributed by atoms with van der Waals surface area (Å²) in [7, 11) is 0. The fourth-order valence-corrected chi connectivity index (χ4v) is 2.09. The SMILES string of the molecule is Cc1cccnc1OC(=O)C1CCCCC1. The molecular formula is C13H17NO2. The normalized spacial score (nSPS) is 17.1. The zero-order chi connectivity index (χ0) is 11.4. The average Bonchev–Trinajstić information content (AvgIpc) is 2.33. The number of aromatic nitrogens is 1. The van der Waals surface area contributed by atoms with Gasteiger partial charge in [0, 0.05) is 11.8 Å². The Morgan fingerprint density at radius 3 is 2.81 bits per heavy atom. The molecule has 1 fully saturated rings. The smallest absolute Gasteiger partial charge is 0.315 e. The van der Waals surface area contributed by atoms with E-state index in [1.54, 1.807) is 6.20 Å². The van der Waals surface area contributed by atoms with Crippen LogP contribution in [0, 0.1) is 12.8 Å². The number of rotatable bonds is 2. The first-order chi connectivity index (χ1) is 7.77. The lowest BCUT2D eigenvalue weighted by molar-refractivity contribution is -0.140. The molecule has 0 unspecified atom stereocenters. The molecule has 2 rings (SSSR count). The van der Waals surface area contributed by atoms with Gasteiger partial charge in [-0.25, -0.2) is 4.98 Å². The maximum atomic E-state index is 11.9. The van der Waals surface area contributed by atoms with Crippen molar-refractivity contribution in [3.63, 3.8) is 0 Å². The second kappa shape index (κ2) is 5.10. The monoisotopic (exact) mass is 219 g/mol. The van der Waals surface area contributed by atoms with E-state index in [4.69, 9.17) is 4.74 Å². The summed E-state index contributed by atoms with van der Waals surface area (Å²) >= 11 is 0. The number of esters is 1. The molecule has 0 saturated heterocycles. The van der Waals surface area contributed by atoms with Crippen LogP contribution in [0.25, 0.3) is 0 Å². The van der Waals surface area contributed by atoms with Gasteiger partial charge >= 0.3 is 5.97 Å². The quantitative estimate of drug-likeness (QED) is 0.718. The molecule has 0 spiro atoms. The van der Waals surface area contributed by atoms with E-state index in [9.17, 15) is 4.79 Å². The predicted molar refractivity (Wildman–Crippen MR) is 61.2 cm³/mol. The summed E-state index contributed by atoms with van der Waals surface area (Å²) in [5, 5.41) is 0. The molecule has 3 nitrogen and oxygen atoms in total. The summed E-state index contributed by atoms with van der Waals surface area (Å²) in [6, 6.07) is 3.74. The molecule has 3 heteroatoms. The van der Waals surface area contributed by atoms with Gasteiger partial charge in [0.15, 0.2) is 0 Å². The number of nitrogens with zero attached hydrogens (tertiary/aromatic N) is 1. The van der Waals surface area contributed by atoms with Gasteiger partial charge in [-0.15, -0.1) is 0 Å². The molecule has 1 aromatic rings. The van der Waals surface area contributed by atoms with E-state index in [0.717, 1.165) is 31.2 Å². The Bertz CT molecular complexity index is 370. The first-order valence-electron chi connectivity index (χ1n) is 5.90. The number of hydrogen-bond acceptors (Lipinski definition) is 3. The Hall–Kier alpha value is -1.38. The highest BCUT2D eigenvalue weighted by molar-refractivity contribution is 5.75. The van der Waals surface area contributed by atoms with Crippen LogP contribution in [-0.4, -0.2) is 11.0 Å². The van der Waals surface area contributed by atoms with E-state index in [2.05, 4.69) is 4.98 Å². The van der Waals surface area contributed by atoms with Crippen molar-refractivity contribution in [2.24, 2.45) is 5.92 Å². The molecule has 1 heterocycles. The van der Waals surface area contributed by atoms with Crippen molar-refractivity contribution in [3.05, 3.63) is 23.9 Å². The van der Waals surface area contributed by atoms with Gasteiger partial charge in [0.25, 0.3) is 0 Å². The van der Waals surface area contributed by atoms with Gasteiger partial charge in [-0.3, -0.25) is 4.79 Å². The predicted octanol–water partition coefficient (Wildman–Crippen LogP) is 2.88. The molecule has 1 aliphatic rings. The Labute approximate surface area is 95.8 Å². The van der Waals surface area contributed by atoms with E-state index in [1.165, 1.54) is 6.42 Å². The maximum absolute atomic E-state index is 11.9. The third-order valence-corrected chi connectivity index (χ3v) is 3.10. The first-order valence-corrected chi connectivity index (χ1v) is 5.90. The van der Waals surface area contributed by atoms with Crippen molar-refractivity contribution < 1.29 is 9.53 Å². The van der Waals surface area contributed by atoms with E-state index in [-0.39, 0.29) is 11.9 Å². The van der Waals surface area contributed by atoms with Gasteiger partial charge in [0.2, 0.25) is 5.88 Å². The molecule has 0 aromatic carbocycles. The van der Waals surface area contributed by atoms with Gasteiger partial charge < -0.3 is 4.74 Å². The van der Waals surface area contributed by atoms with Gasteiger partial charge in [-0.1, -0.05) is 25.3 Å². The van der Waals surface area contributed by atoms with Crippen molar-refractivity contribution in [3.8, 4) is 5.88 Å². The van der Waals surface area contributed by atoms with E-state index in [1.807, 2.05) is 19.1 Å². The van der Waals surface area contributed by atoms with Crippen molar-refractivity contribution in [1.82, 2.24) is 4.98 Å². The van der Waals surface area contributed by atoms with Crippen LogP contribution in [0.15, 0.2) is 18.3 Å². The van der Waals surface area contributed by atoms with E-state index >= 15 is 0 Å². The third-order valence-electron chi connectivity index (χ3n) is 3.10. The standard InChI is InChI=1S/C13H17NO2/c1-10-6-5-9-14-12(10)16-13(15)11-7-3-2-4-8-11/h5-6,9,11H,2-4,7-8H2,1H3. The van der Waals surface area contributed by atoms with Crippen LogP contribution in [0.4, 0.5) is 0 Å². The molecular weight excluding hydrogens is 202 g/mol. The maximum Gasteiger partial charge on any atom is 0.315 e. The Kier molecular flexibility index (Phi) is 3.54. The van der Waals surface area contributed by atoms with Gasteiger partial charge in [-0.2, -0.15) is 0 Å². The van der Waals surface area contributed by atoms with Gasteiger partial charge in [0.05, 0.1) is 5.92 Å². The molecule has 1 aromatic heterocycles. The third kappa shape index (κ3) is 2.60. The van der Waals surface area contributed by atoms with Crippen LogP contribution in [0.1, 0.15) is 37.7 Å². The molecule has 1 aliphatic carbocycles. The largest absolute Gasteiger partial charge is 0.407 e. The number of carbonyl (C=O) groups excluding carboxylic acids is 1. The average molecular weight is 219 g/mol.